The van der Waals surface area contributed by atoms with Gasteiger partial charge in [-0.05, 0) is 12.5 Å². The Bertz CT molecular complexity index is 714. The molecular formula is C11H13ClN4O3S. The molecule has 0 fully saturated rings. The third-order valence-electron chi connectivity index (χ3n) is 2.63. The van der Waals surface area contributed by atoms with Gasteiger partial charge in [0.2, 0.25) is 0 Å². The van der Waals surface area contributed by atoms with Crippen LogP contribution in [0.4, 0.5) is 0 Å². The van der Waals surface area contributed by atoms with E-state index in [0.29, 0.717) is 30.1 Å². The number of nitrogens with zero attached hydrogens (tertiary/aromatic N) is 4. The molecule has 2 aromatic heterocycles. The van der Waals surface area contributed by atoms with Crippen LogP contribution >= 0.6 is 10.7 Å². The first-order valence-electron chi connectivity index (χ1n) is 5.85. The fraction of sp³-hybridized carbons (Fsp3) is 0.364. The van der Waals surface area contributed by atoms with Crippen molar-refractivity contribution in [3.8, 4) is 17.1 Å². The first-order valence-corrected chi connectivity index (χ1v) is 8.16. The van der Waals surface area contributed by atoms with Gasteiger partial charge in [-0.2, -0.15) is 0 Å². The summed E-state index contributed by atoms with van der Waals surface area (Å²) in [5.41, 5.74) is 0.606. The van der Waals surface area contributed by atoms with Crippen LogP contribution in [0.15, 0.2) is 23.6 Å². The van der Waals surface area contributed by atoms with Crippen molar-refractivity contribution in [2.45, 2.75) is 25.0 Å². The van der Waals surface area contributed by atoms with Gasteiger partial charge in [-0.1, -0.05) is 6.92 Å². The summed E-state index contributed by atoms with van der Waals surface area (Å²) >= 11 is 0. The summed E-state index contributed by atoms with van der Waals surface area (Å²) in [5.74, 6) is 0.862. The highest BCUT2D eigenvalue weighted by atomic mass is 35.7. The second-order valence-corrected chi connectivity index (χ2v) is 6.43. The van der Waals surface area contributed by atoms with Crippen molar-refractivity contribution >= 4 is 19.7 Å². The minimum atomic E-state index is -3.96. The number of aromatic nitrogens is 4. The molecule has 9 heteroatoms. The van der Waals surface area contributed by atoms with Crippen molar-refractivity contribution in [3.05, 3.63) is 18.5 Å². The number of hydrogen-bond acceptors (Lipinski definition) is 6. The summed E-state index contributed by atoms with van der Waals surface area (Å²) in [6.45, 7) is 2.34. The lowest BCUT2D eigenvalue weighted by atomic mass is 10.2. The van der Waals surface area contributed by atoms with Gasteiger partial charge in [0, 0.05) is 23.4 Å². The molecule has 0 radical (unpaired) electrons. The number of rotatable bonds is 5. The number of pyridine rings is 1. The molecule has 0 atom stereocenters. The summed E-state index contributed by atoms with van der Waals surface area (Å²) in [6, 6.07) is 1.68. The minimum Gasteiger partial charge on any atom is -0.494 e. The Morgan fingerprint density at radius 3 is 2.75 bits per heavy atom. The van der Waals surface area contributed by atoms with Gasteiger partial charge in [0.1, 0.15) is 5.75 Å². The predicted molar refractivity (Wildman–Crippen MR) is 73.1 cm³/mol. The van der Waals surface area contributed by atoms with Crippen LogP contribution in [0.25, 0.3) is 11.4 Å². The molecule has 0 aromatic carbocycles. The molecule has 0 saturated heterocycles. The molecular weight excluding hydrogens is 304 g/mol. The molecule has 0 aliphatic heterocycles. The van der Waals surface area contributed by atoms with E-state index in [0.717, 1.165) is 0 Å². The molecule has 0 aliphatic carbocycles. The monoisotopic (exact) mass is 316 g/mol. The highest BCUT2D eigenvalue weighted by Crippen LogP contribution is 2.29. The average molecular weight is 317 g/mol. The molecule has 7 nitrogen and oxygen atoms in total. The smallest absolute Gasteiger partial charge is 0.296 e. The quantitative estimate of drug-likeness (QED) is 0.780. The standard InChI is InChI=1S/C11H13ClN4O3S/c1-3-6-16-10(14-15-11(16)20(12,17)18)8-4-5-13-7-9(8)19-2/h4-5,7H,3,6H2,1-2H3. The molecule has 108 valence electrons. The van der Waals surface area contributed by atoms with E-state index in [9.17, 15) is 8.42 Å². The summed E-state index contributed by atoms with van der Waals surface area (Å²) in [4.78, 5) is 3.95. The number of ether oxygens (including phenoxy) is 1. The van der Waals surface area contributed by atoms with Gasteiger partial charge in [0.15, 0.2) is 5.82 Å². The lowest BCUT2D eigenvalue weighted by Gasteiger charge is -2.09. The molecule has 2 rings (SSSR count). The molecule has 0 N–H and O–H groups in total. The molecule has 0 unspecified atom stereocenters. The minimum absolute atomic E-state index is 0.269. The molecule has 0 aliphatic rings. The Balaban J connectivity index is 2.66. The van der Waals surface area contributed by atoms with E-state index in [2.05, 4.69) is 15.2 Å². The SMILES string of the molecule is CCCn1c(-c2ccncc2OC)nnc1S(=O)(=O)Cl. The van der Waals surface area contributed by atoms with Crippen LogP contribution in [-0.2, 0) is 15.6 Å². The lowest BCUT2D eigenvalue weighted by molar-refractivity contribution is 0.414. The Morgan fingerprint density at radius 2 is 2.15 bits per heavy atom. The fourth-order valence-electron chi connectivity index (χ4n) is 1.82. The number of methoxy groups -OCH3 is 1. The lowest BCUT2D eigenvalue weighted by Crippen LogP contribution is -2.08. The summed E-state index contributed by atoms with van der Waals surface area (Å²) in [7, 11) is 2.92. The first-order chi connectivity index (χ1) is 9.49. The van der Waals surface area contributed by atoms with Gasteiger partial charge in [0.05, 0.1) is 18.9 Å². The van der Waals surface area contributed by atoms with Gasteiger partial charge in [-0.15, -0.1) is 10.2 Å². The van der Waals surface area contributed by atoms with Gasteiger partial charge < -0.3 is 4.74 Å². The maximum atomic E-state index is 11.5. The van der Waals surface area contributed by atoms with E-state index in [4.69, 9.17) is 15.4 Å². The molecule has 0 bridgehead atoms. The zero-order valence-electron chi connectivity index (χ0n) is 10.9. The molecule has 20 heavy (non-hydrogen) atoms. The van der Waals surface area contributed by atoms with Crippen LogP contribution < -0.4 is 4.74 Å². The zero-order valence-corrected chi connectivity index (χ0v) is 12.5. The molecule has 0 amide bonds. The van der Waals surface area contributed by atoms with Crippen LogP contribution in [0.3, 0.4) is 0 Å². The Hall–Kier alpha value is -1.67. The van der Waals surface area contributed by atoms with Crippen molar-refractivity contribution in [2.24, 2.45) is 0 Å². The maximum Gasteiger partial charge on any atom is 0.296 e. The van der Waals surface area contributed by atoms with E-state index in [1.54, 1.807) is 12.3 Å². The van der Waals surface area contributed by atoms with Crippen molar-refractivity contribution in [1.82, 2.24) is 19.7 Å². The van der Waals surface area contributed by atoms with Crippen LogP contribution in [0.5, 0.6) is 5.75 Å². The van der Waals surface area contributed by atoms with Crippen molar-refractivity contribution in [2.75, 3.05) is 7.11 Å². The van der Waals surface area contributed by atoms with Crippen molar-refractivity contribution < 1.29 is 13.2 Å². The van der Waals surface area contributed by atoms with E-state index in [1.807, 2.05) is 6.92 Å². The van der Waals surface area contributed by atoms with Crippen molar-refractivity contribution in [3.63, 3.8) is 0 Å². The molecule has 2 aromatic rings. The van der Waals surface area contributed by atoms with E-state index >= 15 is 0 Å². The second-order valence-electron chi connectivity index (χ2n) is 3.97. The highest BCUT2D eigenvalue weighted by molar-refractivity contribution is 8.13. The highest BCUT2D eigenvalue weighted by Gasteiger charge is 2.24. The second kappa shape index (κ2) is 5.76. The van der Waals surface area contributed by atoms with Crippen LogP contribution in [-0.4, -0.2) is 35.3 Å². The summed E-state index contributed by atoms with van der Waals surface area (Å²) < 4.78 is 29.7. The topological polar surface area (TPSA) is 87.0 Å². The van der Waals surface area contributed by atoms with Crippen molar-refractivity contribution in [1.29, 1.82) is 0 Å². The predicted octanol–water partition coefficient (Wildman–Crippen LogP) is 1.69. The number of hydrogen-bond donors (Lipinski definition) is 0. The Kier molecular flexibility index (Phi) is 4.24. The largest absolute Gasteiger partial charge is 0.494 e. The third kappa shape index (κ3) is 2.75. The molecule has 2 heterocycles. The van der Waals surface area contributed by atoms with Gasteiger partial charge in [0.25, 0.3) is 14.2 Å². The third-order valence-corrected chi connectivity index (χ3v) is 3.78. The fourth-order valence-corrected chi connectivity index (χ4v) is 2.74. The van der Waals surface area contributed by atoms with Crippen LogP contribution in [0, 0.1) is 0 Å². The summed E-state index contributed by atoms with van der Waals surface area (Å²) in [5, 5.41) is 7.33. The van der Waals surface area contributed by atoms with E-state index < -0.39 is 9.05 Å². The Morgan fingerprint density at radius 1 is 1.40 bits per heavy atom. The molecule has 0 spiro atoms. The normalized spacial score (nSPS) is 11.6. The zero-order chi connectivity index (χ0) is 14.8. The van der Waals surface area contributed by atoms with E-state index in [-0.39, 0.29) is 5.16 Å². The maximum absolute atomic E-state index is 11.5. The first kappa shape index (κ1) is 14.7. The van der Waals surface area contributed by atoms with Gasteiger partial charge in [-0.25, -0.2) is 8.42 Å². The number of halogens is 1. The average Bonchev–Trinajstić information content (AvgIpc) is 2.82. The van der Waals surface area contributed by atoms with Gasteiger partial charge >= 0.3 is 0 Å². The van der Waals surface area contributed by atoms with Crippen LogP contribution in [0.2, 0.25) is 0 Å². The molecule has 0 saturated carbocycles. The van der Waals surface area contributed by atoms with Crippen LogP contribution in [0.1, 0.15) is 13.3 Å². The van der Waals surface area contributed by atoms with Gasteiger partial charge in [-0.3, -0.25) is 9.55 Å². The summed E-state index contributed by atoms with van der Waals surface area (Å²) in [6.07, 6.45) is 3.80. The Labute approximate surface area is 121 Å². The van der Waals surface area contributed by atoms with E-state index in [1.165, 1.54) is 17.9 Å².